The molecule has 0 aliphatic carbocycles. The van der Waals surface area contributed by atoms with Crippen LogP contribution in [0.5, 0.6) is 5.88 Å². The van der Waals surface area contributed by atoms with Gasteiger partial charge in [-0.2, -0.15) is 14.5 Å². The van der Waals surface area contributed by atoms with Gasteiger partial charge in [0.1, 0.15) is 4.90 Å². The number of aromatic nitrogens is 4. The summed E-state index contributed by atoms with van der Waals surface area (Å²) in [6.45, 7) is 7.57. The summed E-state index contributed by atoms with van der Waals surface area (Å²) in [6, 6.07) is 3.73. The van der Waals surface area contributed by atoms with Crippen LogP contribution in [0.4, 0.5) is 0 Å². The summed E-state index contributed by atoms with van der Waals surface area (Å²) >= 11 is 0. The van der Waals surface area contributed by atoms with Gasteiger partial charge in [0, 0.05) is 43.7 Å². The van der Waals surface area contributed by atoms with Crippen LogP contribution in [0.3, 0.4) is 0 Å². The third-order valence-electron chi connectivity index (χ3n) is 4.44. The monoisotopic (exact) mass is 379 g/mol. The molecule has 1 saturated heterocycles. The Bertz CT molecular complexity index is 855. The van der Waals surface area contributed by atoms with Crippen LogP contribution in [0.2, 0.25) is 0 Å². The summed E-state index contributed by atoms with van der Waals surface area (Å²) < 4.78 is 33.9. The van der Waals surface area contributed by atoms with Crippen molar-refractivity contribution in [2.75, 3.05) is 19.7 Å². The molecule has 0 radical (unpaired) electrons. The zero-order valence-corrected chi connectivity index (χ0v) is 16.4. The highest BCUT2D eigenvalue weighted by molar-refractivity contribution is 7.89. The van der Waals surface area contributed by atoms with E-state index in [2.05, 4.69) is 36.1 Å². The van der Waals surface area contributed by atoms with Gasteiger partial charge in [-0.1, -0.05) is 20.8 Å². The lowest BCUT2D eigenvalue weighted by atomic mass is 9.92. The molecular weight excluding hydrogens is 354 g/mol. The fraction of sp³-hybridized carbons (Fsp3) is 0.588. The van der Waals surface area contributed by atoms with Gasteiger partial charge < -0.3 is 4.74 Å². The summed E-state index contributed by atoms with van der Waals surface area (Å²) in [5, 5.41) is 12.3. The second-order valence-corrected chi connectivity index (χ2v) is 9.62. The van der Waals surface area contributed by atoms with Gasteiger partial charge in [0.15, 0.2) is 0 Å². The first-order chi connectivity index (χ1) is 12.2. The maximum atomic E-state index is 12.6. The SMILES string of the molecule is Cn1cc(S(=O)(=O)N2CCC(COc3ccc(C(C)(C)C)nn3)C2)cn1. The van der Waals surface area contributed by atoms with Gasteiger partial charge >= 0.3 is 0 Å². The molecule has 9 heteroatoms. The Kier molecular flexibility index (Phi) is 5.03. The molecule has 0 amide bonds. The van der Waals surface area contributed by atoms with Crippen molar-refractivity contribution in [3.63, 3.8) is 0 Å². The van der Waals surface area contributed by atoms with E-state index >= 15 is 0 Å². The van der Waals surface area contributed by atoms with E-state index in [4.69, 9.17) is 4.74 Å². The number of rotatable bonds is 5. The third-order valence-corrected chi connectivity index (χ3v) is 6.26. The summed E-state index contributed by atoms with van der Waals surface area (Å²) in [6.07, 6.45) is 3.66. The molecule has 3 rings (SSSR count). The second kappa shape index (κ2) is 6.96. The maximum absolute atomic E-state index is 12.6. The summed E-state index contributed by atoms with van der Waals surface area (Å²) in [4.78, 5) is 0.227. The van der Waals surface area contributed by atoms with E-state index in [1.165, 1.54) is 21.4 Å². The summed E-state index contributed by atoms with van der Waals surface area (Å²) in [5.41, 5.74) is 0.845. The number of hydrogen-bond acceptors (Lipinski definition) is 6. The molecule has 1 aliphatic rings. The summed E-state index contributed by atoms with van der Waals surface area (Å²) in [5.74, 6) is 0.595. The van der Waals surface area contributed by atoms with Crippen LogP contribution in [0.25, 0.3) is 0 Å². The van der Waals surface area contributed by atoms with Crippen molar-refractivity contribution in [1.29, 1.82) is 0 Å². The zero-order valence-electron chi connectivity index (χ0n) is 15.6. The molecule has 0 spiro atoms. The van der Waals surface area contributed by atoms with E-state index in [1.807, 2.05) is 12.1 Å². The lowest BCUT2D eigenvalue weighted by Gasteiger charge is -2.17. The van der Waals surface area contributed by atoms with Crippen LogP contribution in [-0.2, 0) is 22.5 Å². The average Bonchev–Trinajstić information content (AvgIpc) is 3.22. The number of hydrogen-bond donors (Lipinski definition) is 0. The van der Waals surface area contributed by atoms with Gasteiger partial charge in [0.05, 0.1) is 18.5 Å². The molecule has 3 heterocycles. The Labute approximate surface area is 154 Å². The normalized spacial score (nSPS) is 19.0. The van der Waals surface area contributed by atoms with Gasteiger partial charge in [-0.3, -0.25) is 4.68 Å². The maximum Gasteiger partial charge on any atom is 0.246 e. The Morgan fingerprint density at radius 3 is 2.62 bits per heavy atom. The van der Waals surface area contributed by atoms with E-state index in [0.717, 1.165) is 12.1 Å². The molecule has 2 aromatic heterocycles. The van der Waals surface area contributed by atoms with E-state index in [9.17, 15) is 8.42 Å². The minimum absolute atomic E-state index is 0.0574. The van der Waals surface area contributed by atoms with Crippen molar-refractivity contribution in [3.05, 3.63) is 30.2 Å². The smallest absolute Gasteiger partial charge is 0.246 e. The number of nitrogens with zero attached hydrogens (tertiary/aromatic N) is 5. The lowest BCUT2D eigenvalue weighted by Crippen LogP contribution is -2.29. The first-order valence-corrected chi connectivity index (χ1v) is 10.1. The molecule has 0 bridgehead atoms. The Morgan fingerprint density at radius 2 is 2.04 bits per heavy atom. The van der Waals surface area contributed by atoms with Crippen LogP contribution < -0.4 is 4.74 Å². The third kappa shape index (κ3) is 4.04. The van der Waals surface area contributed by atoms with Crippen molar-refractivity contribution in [2.45, 2.75) is 37.5 Å². The van der Waals surface area contributed by atoms with Gasteiger partial charge in [0.2, 0.25) is 15.9 Å². The molecule has 142 valence electrons. The van der Waals surface area contributed by atoms with Crippen LogP contribution in [0.1, 0.15) is 32.9 Å². The average molecular weight is 379 g/mol. The summed E-state index contributed by atoms with van der Waals surface area (Å²) in [7, 11) is -1.79. The Morgan fingerprint density at radius 1 is 1.27 bits per heavy atom. The fourth-order valence-electron chi connectivity index (χ4n) is 2.83. The molecule has 2 aromatic rings. The molecule has 1 fully saturated rings. The Balaban J connectivity index is 1.56. The highest BCUT2D eigenvalue weighted by Crippen LogP contribution is 2.25. The van der Waals surface area contributed by atoms with E-state index in [0.29, 0.717) is 25.6 Å². The highest BCUT2D eigenvalue weighted by atomic mass is 32.2. The van der Waals surface area contributed by atoms with Crippen molar-refractivity contribution >= 4 is 10.0 Å². The number of ether oxygens (including phenoxy) is 1. The molecule has 26 heavy (non-hydrogen) atoms. The van der Waals surface area contributed by atoms with Crippen LogP contribution in [-0.4, -0.2) is 52.4 Å². The van der Waals surface area contributed by atoms with Crippen LogP contribution in [0, 0.1) is 5.92 Å². The Hall–Kier alpha value is -2.00. The standard InChI is InChI=1S/C17H25N5O3S/c1-17(2,3)15-5-6-16(20-19-15)25-12-13-7-8-22(10-13)26(23,24)14-9-18-21(4)11-14/h5-6,9,11,13H,7-8,10,12H2,1-4H3. The van der Waals surface area contributed by atoms with Crippen LogP contribution in [0.15, 0.2) is 29.4 Å². The molecule has 0 saturated carbocycles. The van der Waals surface area contributed by atoms with Gasteiger partial charge in [-0.15, -0.1) is 5.10 Å². The first kappa shape index (κ1) is 18.8. The van der Waals surface area contributed by atoms with Crippen molar-refractivity contribution in [3.8, 4) is 5.88 Å². The molecule has 8 nitrogen and oxygen atoms in total. The van der Waals surface area contributed by atoms with Crippen molar-refractivity contribution in [1.82, 2.24) is 24.3 Å². The minimum atomic E-state index is -3.49. The topological polar surface area (TPSA) is 90.2 Å². The molecule has 0 N–H and O–H groups in total. The molecule has 0 aromatic carbocycles. The van der Waals surface area contributed by atoms with Crippen LogP contribution >= 0.6 is 0 Å². The van der Waals surface area contributed by atoms with Crippen molar-refractivity contribution in [2.24, 2.45) is 13.0 Å². The lowest BCUT2D eigenvalue weighted by molar-refractivity contribution is 0.243. The van der Waals surface area contributed by atoms with Gasteiger partial charge in [-0.05, 0) is 12.5 Å². The fourth-order valence-corrected chi connectivity index (χ4v) is 4.35. The predicted octanol–water partition coefficient (Wildman–Crippen LogP) is 1.60. The molecule has 1 unspecified atom stereocenters. The van der Waals surface area contributed by atoms with Gasteiger partial charge in [-0.25, -0.2) is 8.42 Å². The first-order valence-electron chi connectivity index (χ1n) is 8.62. The zero-order chi connectivity index (χ0) is 18.9. The van der Waals surface area contributed by atoms with E-state index in [-0.39, 0.29) is 16.2 Å². The number of sulfonamides is 1. The van der Waals surface area contributed by atoms with E-state index < -0.39 is 10.0 Å². The molecule has 1 atom stereocenters. The second-order valence-electron chi connectivity index (χ2n) is 7.69. The number of aryl methyl sites for hydroxylation is 1. The minimum Gasteiger partial charge on any atom is -0.476 e. The predicted molar refractivity (Wildman–Crippen MR) is 96.3 cm³/mol. The molecule has 1 aliphatic heterocycles. The molecular formula is C17H25N5O3S. The highest BCUT2D eigenvalue weighted by Gasteiger charge is 2.33. The van der Waals surface area contributed by atoms with Crippen molar-refractivity contribution < 1.29 is 13.2 Å². The largest absolute Gasteiger partial charge is 0.476 e. The van der Waals surface area contributed by atoms with E-state index in [1.54, 1.807) is 7.05 Å². The van der Waals surface area contributed by atoms with Gasteiger partial charge in [0.25, 0.3) is 0 Å². The quantitative estimate of drug-likeness (QED) is 0.784.